The fraction of sp³-hybridized carbons (Fsp3) is 0.357. The highest BCUT2D eigenvalue weighted by molar-refractivity contribution is 6.05. The van der Waals surface area contributed by atoms with Crippen LogP contribution < -0.4 is 4.90 Å². The van der Waals surface area contributed by atoms with Crippen molar-refractivity contribution in [2.45, 2.75) is 13.3 Å². The Labute approximate surface area is 102 Å². The summed E-state index contributed by atoms with van der Waals surface area (Å²) in [4.78, 5) is 12.4. The second kappa shape index (κ2) is 5.04. The number of anilines is 1. The minimum absolute atomic E-state index is 0.157. The molecule has 0 saturated heterocycles. The van der Waals surface area contributed by atoms with E-state index in [2.05, 4.69) is 40.0 Å². The summed E-state index contributed by atoms with van der Waals surface area (Å²) >= 11 is 0. The molecule has 0 aromatic heterocycles. The van der Waals surface area contributed by atoms with Gasteiger partial charge in [0.2, 0.25) is 0 Å². The van der Waals surface area contributed by atoms with Crippen LogP contribution >= 0.6 is 0 Å². The lowest BCUT2D eigenvalue weighted by Gasteiger charge is -2.10. The van der Waals surface area contributed by atoms with E-state index >= 15 is 0 Å². The summed E-state index contributed by atoms with van der Waals surface area (Å²) in [7, 11) is 1.38. The molecule has 0 radical (unpaired) electrons. The number of hydrogen-bond acceptors (Lipinski definition) is 3. The smallest absolute Gasteiger partial charge is 0.305 e. The van der Waals surface area contributed by atoms with E-state index in [4.69, 9.17) is 0 Å². The first-order valence-corrected chi connectivity index (χ1v) is 5.88. The molecule has 3 nitrogen and oxygen atoms in total. The number of benzene rings is 1. The van der Waals surface area contributed by atoms with Gasteiger partial charge < -0.3 is 9.64 Å². The molecule has 0 amide bonds. The summed E-state index contributed by atoms with van der Waals surface area (Å²) in [5.74, 6) is -0.157. The van der Waals surface area contributed by atoms with Crippen LogP contribution in [-0.4, -0.2) is 26.2 Å². The van der Waals surface area contributed by atoms with Crippen molar-refractivity contribution in [2.24, 2.45) is 0 Å². The molecule has 0 bridgehead atoms. The molecule has 3 aliphatic rings. The van der Waals surface area contributed by atoms with E-state index < -0.39 is 0 Å². The van der Waals surface area contributed by atoms with Crippen molar-refractivity contribution in [1.29, 1.82) is 0 Å². The third-order valence-corrected chi connectivity index (χ3v) is 2.91. The SMILES string of the molecule is C1=CCN(c2c3cccc2-3)C1.CCC(=O)OC. The first-order valence-electron chi connectivity index (χ1n) is 5.88. The van der Waals surface area contributed by atoms with Crippen molar-refractivity contribution in [2.75, 3.05) is 25.1 Å². The van der Waals surface area contributed by atoms with Gasteiger partial charge in [0.1, 0.15) is 0 Å². The summed E-state index contributed by atoms with van der Waals surface area (Å²) in [6.07, 6.45) is 4.92. The number of methoxy groups -OCH3 is 1. The van der Waals surface area contributed by atoms with Gasteiger partial charge in [0.15, 0.2) is 0 Å². The second-order valence-electron chi connectivity index (χ2n) is 4.01. The van der Waals surface area contributed by atoms with Gasteiger partial charge in [-0.2, -0.15) is 0 Å². The molecule has 90 valence electrons. The maximum absolute atomic E-state index is 9.96. The van der Waals surface area contributed by atoms with E-state index in [0.29, 0.717) is 6.42 Å². The van der Waals surface area contributed by atoms with Crippen molar-refractivity contribution >= 4 is 11.7 Å². The zero-order valence-corrected chi connectivity index (χ0v) is 10.3. The van der Waals surface area contributed by atoms with E-state index in [9.17, 15) is 4.79 Å². The number of fused-ring (bicyclic) bond motifs is 1. The van der Waals surface area contributed by atoms with E-state index in [1.54, 1.807) is 6.92 Å². The molecule has 0 aromatic carbocycles. The van der Waals surface area contributed by atoms with E-state index in [-0.39, 0.29) is 5.97 Å². The van der Waals surface area contributed by atoms with Gasteiger partial charge in [-0.05, 0) is 0 Å². The average Bonchev–Trinajstić information content (AvgIpc) is 2.87. The molecule has 0 N–H and O–H groups in total. The number of hydrogen-bond donors (Lipinski definition) is 0. The van der Waals surface area contributed by atoms with Crippen molar-refractivity contribution in [3.8, 4) is 11.1 Å². The predicted octanol–water partition coefficient (Wildman–Crippen LogP) is 2.61. The molecule has 0 unspecified atom stereocenters. The zero-order chi connectivity index (χ0) is 12.3. The van der Waals surface area contributed by atoms with Gasteiger partial charge in [-0.3, -0.25) is 4.79 Å². The topological polar surface area (TPSA) is 29.5 Å². The van der Waals surface area contributed by atoms with Gasteiger partial charge in [-0.15, -0.1) is 0 Å². The Balaban J connectivity index is 0.000000157. The molecular weight excluding hydrogens is 214 g/mol. The van der Waals surface area contributed by atoms with Crippen LogP contribution in [0.25, 0.3) is 11.1 Å². The number of ether oxygens (including phenoxy) is 1. The highest BCUT2D eigenvalue weighted by Gasteiger charge is 2.28. The summed E-state index contributed by atoms with van der Waals surface area (Å²) < 4.78 is 4.26. The van der Waals surface area contributed by atoms with Gasteiger partial charge >= 0.3 is 5.97 Å². The van der Waals surface area contributed by atoms with Gasteiger partial charge in [-0.25, -0.2) is 0 Å². The van der Waals surface area contributed by atoms with Gasteiger partial charge in [-0.1, -0.05) is 37.3 Å². The lowest BCUT2D eigenvalue weighted by atomic mass is 10.5. The van der Waals surface area contributed by atoms with E-state index in [0.717, 1.165) is 13.1 Å². The Morgan fingerprint density at radius 1 is 1.29 bits per heavy atom. The van der Waals surface area contributed by atoms with Crippen molar-refractivity contribution < 1.29 is 9.53 Å². The number of carbonyl (C=O) groups excluding carboxylic acids is 1. The standard InChI is InChI=1S/C10H9N.C4H8O2/c1-2-7-11(6-1)10-8-4-3-5-9(8)10;1-3-4(5)6-2/h1-5H,6-7H2;3H2,1-2H3. The minimum atomic E-state index is -0.157. The van der Waals surface area contributed by atoms with Crippen LogP contribution in [0.1, 0.15) is 13.3 Å². The molecule has 2 aliphatic carbocycles. The Morgan fingerprint density at radius 2 is 1.88 bits per heavy atom. The molecule has 3 heteroatoms. The largest absolute Gasteiger partial charge is 0.469 e. The van der Waals surface area contributed by atoms with Crippen LogP contribution in [-0.2, 0) is 9.53 Å². The van der Waals surface area contributed by atoms with Crippen molar-refractivity contribution in [3.63, 3.8) is 0 Å². The summed E-state index contributed by atoms with van der Waals surface area (Å²) in [6, 6.07) is 6.52. The first-order chi connectivity index (χ1) is 8.27. The summed E-state index contributed by atoms with van der Waals surface area (Å²) in [5.41, 5.74) is 4.42. The lowest BCUT2D eigenvalue weighted by Crippen LogP contribution is -2.15. The van der Waals surface area contributed by atoms with Crippen LogP contribution in [0.4, 0.5) is 5.69 Å². The Kier molecular flexibility index (Phi) is 3.47. The highest BCUT2D eigenvalue weighted by Crippen LogP contribution is 2.51. The molecule has 0 saturated carbocycles. The number of carbonyl (C=O) groups is 1. The molecule has 17 heavy (non-hydrogen) atoms. The second-order valence-corrected chi connectivity index (χ2v) is 4.01. The maximum Gasteiger partial charge on any atom is 0.305 e. The Hall–Kier alpha value is -1.77. The number of para-hydroxylation sites is 1. The summed E-state index contributed by atoms with van der Waals surface area (Å²) in [6.45, 7) is 3.96. The molecule has 0 spiro atoms. The van der Waals surface area contributed by atoms with E-state index in [1.165, 1.54) is 23.9 Å². The maximum atomic E-state index is 9.96. The van der Waals surface area contributed by atoms with Crippen LogP contribution in [0.2, 0.25) is 0 Å². The van der Waals surface area contributed by atoms with Crippen LogP contribution in [0.3, 0.4) is 0 Å². The van der Waals surface area contributed by atoms with Gasteiger partial charge in [0.05, 0.1) is 12.8 Å². The molecule has 0 atom stereocenters. The third kappa shape index (κ3) is 2.49. The highest BCUT2D eigenvalue weighted by atomic mass is 16.5. The normalized spacial score (nSPS) is 14.1. The fourth-order valence-electron chi connectivity index (χ4n) is 1.93. The van der Waals surface area contributed by atoms with E-state index in [1.807, 2.05) is 0 Å². The lowest BCUT2D eigenvalue weighted by molar-refractivity contribution is -0.140. The molecule has 0 aromatic rings. The van der Waals surface area contributed by atoms with Crippen LogP contribution in [0, 0.1) is 0 Å². The Bertz CT molecular complexity index is 417. The number of esters is 1. The quantitative estimate of drug-likeness (QED) is 0.587. The van der Waals surface area contributed by atoms with Gasteiger partial charge in [0, 0.05) is 30.6 Å². The first kappa shape index (κ1) is 11.7. The fourth-order valence-corrected chi connectivity index (χ4v) is 1.93. The predicted molar refractivity (Wildman–Crippen MR) is 69.1 cm³/mol. The summed E-state index contributed by atoms with van der Waals surface area (Å²) in [5, 5.41) is 0. The Morgan fingerprint density at radius 3 is 2.29 bits per heavy atom. The molecule has 3 rings (SSSR count). The van der Waals surface area contributed by atoms with Gasteiger partial charge in [0.25, 0.3) is 0 Å². The monoisotopic (exact) mass is 231 g/mol. The third-order valence-electron chi connectivity index (χ3n) is 2.91. The molecular formula is C14H17NO2. The zero-order valence-electron chi connectivity index (χ0n) is 10.3. The number of nitrogens with zero attached hydrogens (tertiary/aromatic N) is 1. The number of rotatable bonds is 2. The molecule has 1 heterocycles. The molecule has 0 fully saturated rings. The van der Waals surface area contributed by atoms with Crippen molar-refractivity contribution in [1.82, 2.24) is 0 Å². The van der Waals surface area contributed by atoms with Crippen LogP contribution in [0.5, 0.6) is 0 Å². The average molecular weight is 231 g/mol. The van der Waals surface area contributed by atoms with Crippen molar-refractivity contribution in [3.05, 3.63) is 30.4 Å². The molecule has 1 aliphatic heterocycles. The van der Waals surface area contributed by atoms with Crippen LogP contribution in [0.15, 0.2) is 30.4 Å². The minimum Gasteiger partial charge on any atom is -0.469 e.